The van der Waals surface area contributed by atoms with Gasteiger partial charge in [0.25, 0.3) is 0 Å². The van der Waals surface area contributed by atoms with Gasteiger partial charge in [-0.05, 0) is 56.0 Å². The van der Waals surface area contributed by atoms with E-state index < -0.39 is 11.7 Å². The lowest BCUT2D eigenvalue weighted by atomic mass is 9.96. The van der Waals surface area contributed by atoms with Gasteiger partial charge in [0.05, 0.1) is 10.7 Å². The van der Waals surface area contributed by atoms with Crippen molar-refractivity contribution in [1.82, 2.24) is 9.97 Å². The van der Waals surface area contributed by atoms with E-state index in [-0.39, 0.29) is 12.1 Å². The molecular formula is C13H18BrN3O3. The summed E-state index contributed by atoms with van der Waals surface area (Å²) in [5.74, 6) is 0.604. The SMILES string of the molecule is CC(C)(C)OC(=O)Nc1ncc(Br)c(OC2CCC2)n1. The van der Waals surface area contributed by atoms with Crippen molar-refractivity contribution in [2.24, 2.45) is 0 Å². The van der Waals surface area contributed by atoms with Crippen molar-refractivity contribution in [3.63, 3.8) is 0 Å². The van der Waals surface area contributed by atoms with Crippen LogP contribution in [0.3, 0.4) is 0 Å². The lowest BCUT2D eigenvalue weighted by Gasteiger charge is -2.26. The molecule has 0 aromatic carbocycles. The van der Waals surface area contributed by atoms with Crippen molar-refractivity contribution in [2.75, 3.05) is 5.32 Å². The minimum absolute atomic E-state index is 0.164. The fourth-order valence-electron chi connectivity index (χ4n) is 1.54. The van der Waals surface area contributed by atoms with Crippen LogP contribution in [0.25, 0.3) is 0 Å². The topological polar surface area (TPSA) is 73.3 Å². The second-order valence-electron chi connectivity index (χ2n) is 5.64. The van der Waals surface area contributed by atoms with Crippen LogP contribution in [-0.2, 0) is 4.74 Å². The maximum Gasteiger partial charge on any atom is 0.414 e. The van der Waals surface area contributed by atoms with E-state index in [0.29, 0.717) is 10.4 Å². The van der Waals surface area contributed by atoms with Crippen molar-refractivity contribution in [2.45, 2.75) is 51.7 Å². The van der Waals surface area contributed by atoms with Gasteiger partial charge in [0.2, 0.25) is 11.8 Å². The predicted molar refractivity (Wildman–Crippen MR) is 77.9 cm³/mol. The largest absolute Gasteiger partial charge is 0.473 e. The molecule has 0 radical (unpaired) electrons. The molecule has 1 heterocycles. The van der Waals surface area contributed by atoms with Gasteiger partial charge in [-0.25, -0.2) is 9.78 Å². The van der Waals surface area contributed by atoms with Crippen molar-refractivity contribution in [1.29, 1.82) is 0 Å². The molecule has 2 rings (SSSR count). The minimum atomic E-state index is -0.589. The molecular weight excluding hydrogens is 326 g/mol. The molecule has 7 heteroatoms. The Labute approximate surface area is 126 Å². The Hall–Kier alpha value is -1.37. The zero-order valence-electron chi connectivity index (χ0n) is 11.8. The van der Waals surface area contributed by atoms with Crippen molar-refractivity contribution < 1.29 is 14.3 Å². The molecule has 1 fully saturated rings. The number of rotatable bonds is 3. The van der Waals surface area contributed by atoms with Crippen LogP contribution in [0.1, 0.15) is 40.0 Å². The zero-order chi connectivity index (χ0) is 14.8. The van der Waals surface area contributed by atoms with Crippen LogP contribution in [0.2, 0.25) is 0 Å². The third kappa shape index (κ3) is 4.33. The van der Waals surface area contributed by atoms with Crippen LogP contribution in [-0.4, -0.2) is 27.8 Å². The first-order valence-electron chi connectivity index (χ1n) is 6.53. The molecule has 1 aromatic rings. The summed E-state index contributed by atoms with van der Waals surface area (Å²) in [7, 11) is 0. The smallest absolute Gasteiger partial charge is 0.414 e. The molecule has 0 saturated heterocycles. The maximum atomic E-state index is 11.6. The quantitative estimate of drug-likeness (QED) is 0.908. The molecule has 0 unspecified atom stereocenters. The highest BCUT2D eigenvalue weighted by Crippen LogP contribution is 2.29. The van der Waals surface area contributed by atoms with Gasteiger partial charge in [0, 0.05) is 0 Å². The fraction of sp³-hybridized carbons (Fsp3) is 0.615. The number of nitrogens with one attached hydrogen (secondary N) is 1. The number of nitrogens with zero attached hydrogens (tertiary/aromatic N) is 2. The van der Waals surface area contributed by atoms with Gasteiger partial charge in [0.1, 0.15) is 11.7 Å². The third-order valence-electron chi connectivity index (χ3n) is 2.66. The molecule has 1 saturated carbocycles. The Bertz CT molecular complexity index is 498. The summed E-state index contributed by atoms with van der Waals surface area (Å²) in [4.78, 5) is 19.8. The van der Waals surface area contributed by atoms with Crippen LogP contribution in [0, 0.1) is 0 Å². The summed E-state index contributed by atoms with van der Waals surface area (Å²) in [5.41, 5.74) is -0.565. The number of hydrogen-bond acceptors (Lipinski definition) is 5. The van der Waals surface area contributed by atoms with E-state index >= 15 is 0 Å². The van der Waals surface area contributed by atoms with Crippen molar-refractivity contribution in [3.05, 3.63) is 10.7 Å². The minimum Gasteiger partial charge on any atom is -0.473 e. The van der Waals surface area contributed by atoms with E-state index in [9.17, 15) is 4.79 Å². The highest BCUT2D eigenvalue weighted by molar-refractivity contribution is 9.10. The molecule has 20 heavy (non-hydrogen) atoms. The molecule has 0 spiro atoms. The lowest BCUT2D eigenvalue weighted by Crippen LogP contribution is -2.28. The number of carbonyl (C=O) groups is 1. The van der Waals surface area contributed by atoms with E-state index in [1.165, 1.54) is 6.42 Å². The van der Waals surface area contributed by atoms with Crippen LogP contribution in [0.5, 0.6) is 5.88 Å². The normalized spacial score (nSPS) is 15.4. The number of carbonyl (C=O) groups excluding carboxylic acids is 1. The molecule has 0 aliphatic heterocycles. The summed E-state index contributed by atoms with van der Waals surface area (Å²) in [6.45, 7) is 5.38. The van der Waals surface area contributed by atoms with E-state index in [2.05, 4.69) is 31.2 Å². The second kappa shape index (κ2) is 5.95. The number of hydrogen-bond donors (Lipinski definition) is 1. The van der Waals surface area contributed by atoms with E-state index in [0.717, 1.165) is 12.8 Å². The number of anilines is 1. The van der Waals surface area contributed by atoms with Crippen LogP contribution >= 0.6 is 15.9 Å². The summed E-state index contributed by atoms with van der Waals surface area (Å²) in [5, 5.41) is 2.49. The Morgan fingerprint density at radius 1 is 1.45 bits per heavy atom. The summed E-state index contributed by atoms with van der Waals surface area (Å²) < 4.78 is 11.5. The summed E-state index contributed by atoms with van der Waals surface area (Å²) >= 11 is 3.33. The molecule has 1 N–H and O–H groups in total. The first-order valence-corrected chi connectivity index (χ1v) is 7.32. The number of ether oxygens (including phenoxy) is 2. The van der Waals surface area contributed by atoms with Gasteiger partial charge in [-0.1, -0.05) is 0 Å². The van der Waals surface area contributed by atoms with Crippen molar-refractivity contribution >= 4 is 28.0 Å². The van der Waals surface area contributed by atoms with Crippen LogP contribution < -0.4 is 10.1 Å². The highest BCUT2D eigenvalue weighted by Gasteiger charge is 2.22. The molecule has 1 amide bonds. The maximum absolute atomic E-state index is 11.6. The average molecular weight is 344 g/mol. The Balaban J connectivity index is 2.01. The van der Waals surface area contributed by atoms with Crippen LogP contribution in [0.4, 0.5) is 10.7 Å². The van der Waals surface area contributed by atoms with Gasteiger partial charge in [-0.2, -0.15) is 4.98 Å². The molecule has 0 atom stereocenters. The number of aromatic nitrogens is 2. The van der Waals surface area contributed by atoms with Gasteiger partial charge in [-0.15, -0.1) is 0 Å². The Morgan fingerprint density at radius 2 is 2.15 bits per heavy atom. The molecule has 1 aromatic heterocycles. The third-order valence-corrected chi connectivity index (χ3v) is 3.20. The van der Waals surface area contributed by atoms with Crippen LogP contribution in [0.15, 0.2) is 10.7 Å². The number of halogens is 1. The van der Waals surface area contributed by atoms with Gasteiger partial charge < -0.3 is 9.47 Å². The highest BCUT2D eigenvalue weighted by atomic mass is 79.9. The zero-order valence-corrected chi connectivity index (χ0v) is 13.4. The monoisotopic (exact) mass is 343 g/mol. The second-order valence-corrected chi connectivity index (χ2v) is 6.50. The predicted octanol–water partition coefficient (Wildman–Crippen LogP) is 3.52. The average Bonchev–Trinajstić information content (AvgIpc) is 2.24. The van der Waals surface area contributed by atoms with E-state index in [1.54, 1.807) is 27.0 Å². The summed E-state index contributed by atoms with van der Waals surface area (Å²) in [6.07, 6.45) is 4.41. The summed E-state index contributed by atoms with van der Waals surface area (Å²) in [6, 6.07) is 0. The standard InChI is InChI=1S/C13H18BrN3O3/c1-13(2,3)20-12(18)17-11-15-7-9(14)10(16-11)19-8-5-4-6-8/h7-8H,4-6H2,1-3H3,(H,15,16,17,18). The van der Waals surface area contributed by atoms with Gasteiger partial charge in [-0.3, -0.25) is 5.32 Å². The van der Waals surface area contributed by atoms with Gasteiger partial charge >= 0.3 is 6.09 Å². The van der Waals surface area contributed by atoms with Crippen molar-refractivity contribution in [3.8, 4) is 5.88 Å². The van der Waals surface area contributed by atoms with E-state index in [4.69, 9.17) is 9.47 Å². The Kier molecular flexibility index (Phi) is 4.47. The first-order chi connectivity index (χ1) is 9.33. The fourth-order valence-corrected chi connectivity index (χ4v) is 1.82. The molecule has 1 aliphatic carbocycles. The molecule has 0 bridgehead atoms. The van der Waals surface area contributed by atoms with E-state index in [1.807, 2.05) is 0 Å². The molecule has 1 aliphatic rings. The number of amides is 1. The first kappa shape index (κ1) is 15.0. The Morgan fingerprint density at radius 3 is 2.70 bits per heavy atom. The van der Waals surface area contributed by atoms with Gasteiger partial charge in [0.15, 0.2) is 0 Å². The molecule has 110 valence electrons. The molecule has 6 nitrogen and oxygen atoms in total. The lowest BCUT2D eigenvalue weighted by molar-refractivity contribution is 0.0634.